The first-order valence-electron chi connectivity index (χ1n) is 8.96. The summed E-state index contributed by atoms with van der Waals surface area (Å²) in [7, 11) is 0. The van der Waals surface area contributed by atoms with Gasteiger partial charge < -0.3 is 20.1 Å². The smallest absolute Gasteiger partial charge is 0.407 e. The van der Waals surface area contributed by atoms with Crippen molar-refractivity contribution in [1.82, 2.24) is 10.3 Å². The number of fused-ring (bicyclic) bond motifs is 3. The zero-order valence-corrected chi connectivity index (χ0v) is 15.0. The van der Waals surface area contributed by atoms with Crippen LogP contribution in [0.1, 0.15) is 16.8 Å². The molecule has 1 aromatic heterocycles. The van der Waals surface area contributed by atoms with Gasteiger partial charge in [0.15, 0.2) is 6.04 Å². The minimum absolute atomic E-state index is 0.0806. The quantitative estimate of drug-likeness (QED) is 0.636. The Bertz CT molecular complexity index is 1060. The van der Waals surface area contributed by atoms with Crippen molar-refractivity contribution in [2.75, 3.05) is 6.54 Å². The number of carboxylic acids is 1. The highest BCUT2D eigenvalue weighted by molar-refractivity contribution is 6.09. The van der Waals surface area contributed by atoms with Crippen LogP contribution in [0.25, 0.3) is 10.9 Å². The lowest BCUT2D eigenvalue weighted by molar-refractivity contribution is -0.138. The lowest BCUT2D eigenvalue weighted by atomic mass is 9.97. The number of para-hydroxylation sites is 1. The molecule has 3 N–H and O–H groups in total. The van der Waals surface area contributed by atoms with E-state index in [-0.39, 0.29) is 13.2 Å². The van der Waals surface area contributed by atoms with Gasteiger partial charge in [0.25, 0.3) is 0 Å². The van der Waals surface area contributed by atoms with Crippen molar-refractivity contribution in [2.24, 2.45) is 4.99 Å². The fraction of sp³-hybridized carbons (Fsp3) is 0.190. The summed E-state index contributed by atoms with van der Waals surface area (Å²) in [6, 6.07) is 16.2. The van der Waals surface area contributed by atoms with Gasteiger partial charge in [0.1, 0.15) is 6.61 Å². The number of rotatable bonds is 5. The molecule has 0 fully saturated rings. The Balaban J connectivity index is 1.49. The van der Waals surface area contributed by atoms with Gasteiger partial charge in [0.05, 0.1) is 18.0 Å². The first-order chi connectivity index (χ1) is 13.6. The Kier molecular flexibility index (Phi) is 4.80. The molecular formula is C21H19N3O4. The van der Waals surface area contributed by atoms with E-state index in [2.05, 4.69) is 15.3 Å². The maximum Gasteiger partial charge on any atom is 0.407 e. The third kappa shape index (κ3) is 3.59. The number of aromatic amines is 1. The third-order valence-corrected chi connectivity index (χ3v) is 4.71. The van der Waals surface area contributed by atoms with Gasteiger partial charge in [-0.05, 0) is 17.2 Å². The lowest BCUT2D eigenvalue weighted by Crippen LogP contribution is -2.35. The molecule has 0 bridgehead atoms. The van der Waals surface area contributed by atoms with Crippen molar-refractivity contribution >= 4 is 28.7 Å². The van der Waals surface area contributed by atoms with Crippen LogP contribution in [0.15, 0.2) is 59.6 Å². The number of H-pyrrole nitrogens is 1. The largest absolute Gasteiger partial charge is 0.480 e. The summed E-state index contributed by atoms with van der Waals surface area (Å²) in [5, 5.41) is 13.1. The minimum Gasteiger partial charge on any atom is -0.480 e. The van der Waals surface area contributed by atoms with Crippen molar-refractivity contribution in [2.45, 2.75) is 19.1 Å². The van der Waals surface area contributed by atoms with Crippen molar-refractivity contribution in [3.05, 3.63) is 71.4 Å². The number of aromatic nitrogens is 1. The molecule has 0 aliphatic carbocycles. The molecule has 4 rings (SSSR count). The first-order valence-corrected chi connectivity index (χ1v) is 8.96. The van der Waals surface area contributed by atoms with Crippen LogP contribution < -0.4 is 5.32 Å². The van der Waals surface area contributed by atoms with E-state index in [1.54, 1.807) is 0 Å². The number of benzene rings is 2. The molecule has 7 heteroatoms. The predicted octanol–water partition coefficient (Wildman–Crippen LogP) is 2.89. The summed E-state index contributed by atoms with van der Waals surface area (Å²) < 4.78 is 5.21. The van der Waals surface area contributed by atoms with Crippen LogP contribution >= 0.6 is 0 Å². The lowest BCUT2D eigenvalue weighted by Gasteiger charge is -2.19. The first kappa shape index (κ1) is 17.8. The fourth-order valence-corrected chi connectivity index (χ4v) is 3.36. The average Bonchev–Trinajstić information content (AvgIpc) is 3.10. The summed E-state index contributed by atoms with van der Waals surface area (Å²) in [6.45, 7) is 0.242. The van der Waals surface area contributed by atoms with Gasteiger partial charge in [0.2, 0.25) is 0 Å². The van der Waals surface area contributed by atoms with E-state index in [1.807, 2.05) is 54.6 Å². The monoisotopic (exact) mass is 377 g/mol. The van der Waals surface area contributed by atoms with Gasteiger partial charge in [-0.2, -0.15) is 0 Å². The van der Waals surface area contributed by atoms with E-state index >= 15 is 0 Å². The number of carbonyl (C=O) groups is 2. The van der Waals surface area contributed by atoms with Crippen LogP contribution in [0.2, 0.25) is 0 Å². The number of nitrogens with one attached hydrogen (secondary N) is 2. The van der Waals surface area contributed by atoms with E-state index in [4.69, 9.17) is 4.74 Å². The Morgan fingerprint density at radius 3 is 2.68 bits per heavy atom. The van der Waals surface area contributed by atoms with Crippen molar-refractivity contribution in [1.29, 1.82) is 0 Å². The topological polar surface area (TPSA) is 104 Å². The third-order valence-electron chi connectivity index (χ3n) is 4.71. The molecule has 0 radical (unpaired) electrons. The highest BCUT2D eigenvalue weighted by atomic mass is 16.5. The molecular weight excluding hydrogens is 358 g/mol. The summed E-state index contributed by atoms with van der Waals surface area (Å²) >= 11 is 0. The van der Waals surface area contributed by atoms with Crippen molar-refractivity contribution < 1.29 is 19.4 Å². The van der Waals surface area contributed by atoms with E-state index < -0.39 is 18.1 Å². The molecule has 1 aliphatic rings. The number of hydrogen-bond acceptors (Lipinski definition) is 4. The standard InChI is InChI=1S/C21H19N3O4/c25-20(26)17-10-15-14-8-4-5-9-16(14)24-19(15)18(23-17)11-22-21(27)28-12-13-6-2-1-3-7-13/h1-9,17,24H,10-12H2,(H,22,27)(H,25,26). The fourth-order valence-electron chi connectivity index (χ4n) is 3.36. The highest BCUT2D eigenvalue weighted by Gasteiger charge is 2.29. The summed E-state index contributed by atoms with van der Waals surface area (Å²) in [5.74, 6) is -0.986. The molecule has 28 heavy (non-hydrogen) atoms. The molecule has 1 aliphatic heterocycles. The van der Waals surface area contributed by atoms with Crippen LogP contribution in [0.4, 0.5) is 4.79 Å². The second-order valence-corrected chi connectivity index (χ2v) is 6.57. The second kappa shape index (κ2) is 7.56. The van der Waals surface area contributed by atoms with Gasteiger partial charge in [-0.3, -0.25) is 4.99 Å². The zero-order chi connectivity index (χ0) is 19.5. The number of alkyl carbamates (subject to hydrolysis) is 1. The predicted molar refractivity (Wildman–Crippen MR) is 105 cm³/mol. The van der Waals surface area contributed by atoms with Crippen molar-refractivity contribution in [3.63, 3.8) is 0 Å². The maximum atomic E-state index is 12.0. The highest BCUT2D eigenvalue weighted by Crippen LogP contribution is 2.28. The molecule has 2 aromatic carbocycles. The van der Waals surface area contributed by atoms with Crippen LogP contribution in [0.5, 0.6) is 0 Å². The molecule has 1 unspecified atom stereocenters. The molecule has 0 saturated heterocycles. The van der Waals surface area contributed by atoms with Crippen molar-refractivity contribution in [3.8, 4) is 0 Å². The summed E-state index contributed by atoms with van der Waals surface area (Å²) in [5.41, 5.74) is 3.98. The summed E-state index contributed by atoms with van der Waals surface area (Å²) in [4.78, 5) is 31.2. The van der Waals surface area contributed by atoms with Crippen LogP contribution in [-0.2, 0) is 22.6 Å². The number of hydrogen-bond donors (Lipinski definition) is 3. The number of ether oxygens (including phenoxy) is 1. The number of nitrogens with zero attached hydrogens (tertiary/aromatic N) is 1. The number of aliphatic imine (C=N–C) groups is 1. The van der Waals surface area contributed by atoms with Gasteiger partial charge in [-0.25, -0.2) is 9.59 Å². The Morgan fingerprint density at radius 2 is 1.89 bits per heavy atom. The molecule has 0 saturated carbocycles. The Morgan fingerprint density at radius 1 is 1.14 bits per heavy atom. The van der Waals surface area contributed by atoms with Crippen LogP contribution in [-0.4, -0.2) is 40.5 Å². The molecule has 1 amide bonds. The van der Waals surface area contributed by atoms with Crippen LogP contribution in [0, 0.1) is 0 Å². The van der Waals surface area contributed by atoms with E-state index in [0.29, 0.717) is 12.1 Å². The number of amides is 1. The number of aliphatic carboxylic acids is 1. The number of carboxylic acid groups (broad SMARTS) is 1. The van der Waals surface area contributed by atoms with Gasteiger partial charge >= 0.3 is 12.1 Å². The molecule has 2 heterocycles. The SMILES string of the molecule is O=C(NCC1=NC(C(=O)O)Cc2c1[nH]c1ccccc21)OCc1ccccc1. The van der Waals surface area contributed by atoms with Gasteiger partial charge in [-0.15, -0.1) is 0 Å². The Hall–Kier alpha value is -3.61. The Labute approximate surface area is 161 Å². The maximum absolute atomic E-state index is 12.0. The van der Waals surface area contributed by atoms with E-state index in [0.717, 1.165) is 27.7 Å². The number of carbonyl (C=O) groups excluding carboxylic acids is 1. The minimum atomic E-state index is -0.986. The molecule has 7 nitrogen and oxygen atoms in total. The zero-order valence-electron chi connectivity index (χ0n) is 15.0. The molecule has 3 aromatic rings. The molecule has 1 atom stereocenters. The van der Waals surface area contributed by atoms with Gasteiger partial charge in [0, 0.05) is 17.3 Å². The average molecular weight is 377 g/mol. The van der Waals surface area contributed by atoms with Gasteiger partial charge in [-0.1, -0.05) is 48.5 Å². The molecule has 0 spiro atoms. The molecule has 142 valence electrons. The second-order valence-electron chi connectivity index (χ2n) is 6.57. The van der Waals surface area contributed by atoms with E-state index in [1.165, 1.54) is 0 Å². The normalized spacial score (nSPS) is 15.6. The van der Waals surface area contributed by atoms with E-state index in [9.17, 15) is 14.7 Å². The van der Waals surface area contributed by atoms with Crippen LogP contribution in [0.3, 0.4) is 0 Å². The summed E-state index contributed by atoms with van der Waals surface area (Å²) in [6.07, 6.45) is -0.266.